The maximum absolute atomic E-state index is 12.7. The number of hydrogen-bond donors (Lipinski definition) is 0. The molecule has 2 aliphatic heterocycles. The zero-order valence-corrected chi connectivity index (χ0v) is 19.5. The van der Waals surface area contributed by atoms with Gasteiger partial charge >= 0.3 is 0 Å². The van der Waals surface area contributed by atoms with Gasteiger partial charge in [0.05, 0.1) is 6.20 Å². The summed E-state index contributed by atoms with van der Waals surface area (Å²) in [6.07, 6.45) is 3.56. The van der Waals surface area contributed by atoms with Gasteiger partial charge < -0.3 is 19.3 Å². The molecule has 1 saturated heterocycles. The number of nitrogens with zero attached hydrogens (tertiary/aromatic N) is 3. The Kier molecular flexibility index (Phi) is 6.98. The average molecular weight is 472 g/mol. The van der Waals surface area contributed by atoms with Crippen LogP contribution in [0.3, 0.4) is 0 Å². The third-order valence-corrected chi connectivity index (χ3v) is 6.70. The van der Waals surface area contributed by atoms with Crippen molar-refractivity contribution in [3.05, 3.63) is 70.7 Å². The van der Waals surface area contributed by atoms with Crippen molar-refractivity contribution in [2.24, 2.45) is 0 Å². The summed E-state index contributed by atoms with van der Waals surface area (Å²) in [4.78, 5) is 21.8. The van der Waals surface area contributed by atoms with Crippen LogP contribution in [0.2, 0.25) is 0 Å². The lowest BCUT2D eigenvalue weighted by Crippen LogP contribution is -2.46. The summed E-state index contributed by atoms with van der Waals surface area (Å²) in [5, 5.41) is 0.483. The lowest BCUT2D eigenvalue weighted by atomic mass is 9.97. The predicted octanol–water partition coefficient (Wildman–Crippen LogP) is 4.81. The molecule has 1 amide bonds. The molecule has 1 atom stereocenters. The van der Waals surface area contributed by atoms with Crippen LogP contribution in [0.15, 0.2) is 54.7 Å². The van der Waals surface area contributed by atoms with Crippen LogP contribution in [0.4, 0.5) is 0 Å². The van der Waals surface area contributed by atoms with E-state index in [-0.39, 0.29) is 24.4 Å². The van der Waals surface area contributed by atoms with Gasteiger partial charge in [-0.2, -0.15) is 0 Å². The first-order chi connectivity index (χ1) is 15.2. The molecule has 2 aromatic carbocycles. The number of ether oxygens (including phenoxy) is 2. The van der Waals surface area contributed by atoms with E-state index < -0.39 is 0 Å². The van der Waals surface area contributed by atoms with Crippen molar-refractivity contribution in [1.82, 2.24) is 14.8 Å². The molecule has 0 unspecified atom stereocenters. The third kappa shape index (κ3) is 4.90. The minimum Gasteiger partial charge on any atom is -0.485 e. The fourth-order valence-electron chi connectivity index (χ4n) is 4.00. The number of carbonyl (C=O) groups excluding carboxylic acids is 1. The maximum Gasteiger partial charge on any atom is 0.279 e. The molecule has 8 heteroatoms. The number of carbonyl (C=O) groups is 1. The number of fused-ring (bicyclic) bond motifs is 1. The highest BCUT2D eigenvalue weighted by Crippen LogP contribution is 2.38. The molecule has 32 heavy (non-hydrogen) atoms. The van der Waals surface area contributed by atoms with Crippen LogP contribution in [-0.2, 0) is 6.42 Å². The second kappa shape index (κ2) is 9.90. The molecular formula is C24H26ClN3O3S. The van der Waals surface area contributed by atoms with E-state index in [4.69, 9.17) is 9.47 Å². The first kappa shape index (κ1) is 22.6. The van der Waals surface area contributed by atoms with Gasteiger partial charge in [0, 0.05) is 26.2 Å². The molecule has 168 valence electrons. The Morgan fingerprint density at radius 3 is 2.69 bits per heavy atom. The van der Waals surface area contributed by atoms with Crippen LogP contribution < -0.4 is 9.47 Å². The minimum absolute atomic E-state index is 0. The third-order valence-electron chi connectivity index (χ3n) is 5.84. The van der Waals surface area contributed by atoms with E-state index in [0.717, 1.165) is 50.3 Å². The molecule has 0 bridgehead atoms. The van der Waals surface area contributed by atoms with Crippen LogP contribution in [0.5, 0.6) is 16.7 Å². The van der Waals surface area contributed by atoms with Gasteiger partial charge in [-0.05, 0) is 49.2 Å². The fraction of sp³-hybridized carbons (Fsp3) is 0.333. The summed E-state index contributed by atoms with van der Waals surface area (Å²) in [7, 11) is 2.08. The Hall–Kier alpha value is -2.61. The molecule has 0 spiro atoms. The Labute approximate surface area is 198 Å². The van der Waals surface area contributed by atoms with E-state index in [9.17, 15) is 4.79 Å². The van der Waals surface area contributed by atoms with E-state index in [1.165, 1.54) is 16.9 Å². The number of halogens is 1. The van der Waals surface area contributed by atoms with Gasteiger partial charge in [0.15, 0.2) is 0 Å². The number of rotatable bonds is 4. The van der Waals surface area contributed by atoms with Crippen LogP contribution in [0.1, 0.15) is 33.3 Å². The Morgan fingerprint density at radius 1 is 1.12 bits per heavy atom. The molecule has 2 aliphatic rings. The number of likely N-dealkylation sites (N-methyl/N-ethyl adjacent to an activating group) is 1. The molecule has 0 N–H and O–H groups in total. The van der Waals surface area contributed by atoms with E-state index in [1.54, 1.807) is 6.20 Å². The average Bonchev–Trinajstić information content (AvgIpc) is 3.28. The number of benzene rings is 2. The first-order valence-electron chi connectivity index (χ1n) is 10.6. The van der Waals surface area contributed by atoms with Crippen molar-refractivity contribution in [2.75, 3.05) is 33.2 Å². The number of hydrogen-bond acceptors (Lipinski definition) is 6. The van der Waals surface area contributed by atoms with E-state index in [1.807, 2.05) is 41.3 Å². The lowest BCUT2D eigenvalue weighted by Gasteiger charge is -2.31. The largest absolute Gasteiger partial charge is 0.485 e. The molecule has 0 radical (unpaired) electrons. The number of amides is 1. The van der Waals surface area contributed by atoms with Gasteiger partial charge in [0.1, 0.15) is 22.5 Å². The Bertz CT molecular complexity index is 1070. The fourth-order valence-corrected chi connectivity index (χ4v) is 4.75. The molecule has 1 aromatic heterocycles. The van der Waals surface area contributed by atoms with Gasteiger partial charge in [-0.15, -0.1) is 12.4 Å². The molecule has 0 aliphatic carbocycles. The number of thiazole rings is 1. The summed E-state index contributed by atoms with van der Waals surface area (Å²) in [6.45, 7) is 3.29. The van der Waals surface area contributed by atoms with E-state index in [2.05, 4.69) is 29.1 Å². The molecule has 6 nitrogen and oxygen atoms in total. The second-order valence-electron chi connectivity index (χ2n) is 8.01. The van der Waals surface area contributed by atoms with E-state index >= 15 is 0 Å². The van der Waals surface area contributed by atoms with Crippen molar-refractivity contribution in [3.63, 3.8) is 0 Å². The Balaban J connectivity index is 0.00000245. The molecule has 3 aromatic rings. The summed E-state index contributed by atoms with van der Waals surface area (Å²) in [5.74, 6) is 1.65. The zero-order valence-electron chi connectivity index (χ0n) is 17.9. The van der Waals surface area contributed by atoms with Crippen molar-refractivity contribution in [2.45, 2.75) is 18.9 Å². The predicted molar refractivity (Wildman–Crippen MR) is 127 cm³/mol. The quantitative estimate of drug-likeness (QED) is 0.546. The molecular weight excluding hydrogens is 446 g/mol. The Morgan fingerprint density at radius 2 is 1.91 bits per heavy atom. The second-order valence-corrected chi connectivity index (χ2v) is 9.01. The zero-order chi connectivity index (χ0) is 21.2. The first-order valence-corrected chi connectivity index (χ1v) is 11.4. The highest BCUT2D eigenvalue weighted by atomic mass is 35.5. The summed E-state index contributed by atoms with van der Waals surface area (Å²) in [5.41, 5.74) is 2.34. The van der Waals surface area contributed by atoms with Crippen molar-refractivity contribution in [1.29, 1.82) is 0 Å². The SMILES string of the molecule is CN1CCN(C(=O)c2cnc(Oc3ccc4c(c3)CC[C@@H](c3ccccc3)O4)s2)CC1.Cl. The van der Waals surface area contributed by atoms with Crippen molar-refractivity contribution >= 4 is 29.7 Å². The van der Waals surface area contributed by atoms with Crippen LogP contribution >= 0.6 is 23.7 Å². The van der Waals surface area contributed by atoms with Gasteiger partial charge in [-0.3, -0.25) is 4.79 Å². The smallest absolute Gasteiger partial charge is 0.279 e. The lowest BCUT2D eigenvalue weighted by molar-refractivity contribution is 0.0668. The van der Waals surface area contributed by atoms with Gasteiger partial charge in [0.25, 0.3) is 11.1 Å². The summed E-state index contributed by atoms with van der Waals surface area (Å²) in [6, 6.07) is 16.2. The molecule has 3 heterocycles. The van der Waals surface area contributed by atoms with Gasteiger partial charge in [-0.25, -0.2) is 4.98 Å². The van der Waals surface area contributed by atoms with E-state index in [0.29, 0.717) is 15.8 Å². The number of aromatic nitrogens is 1. The maximum atomic E-state index is 12.7. The number of piperazine rings is 1. The standard InChI is InChI=1S/C24H25N3O3S.ClH/c1-26-11-13-27(14-12-26)23(28)22-16-25-24(31-22)29-19-8-10-21-18(15-19)7-9-20(30-21)17-5-3-2-4-6-17;/h2-6,8,10,15-16,20H,7,9,11-14H2,1H3;1H/t20-;/m0./s1. The highest BCUT2D eigenvalue weighted by molar-refractivity contribution is 7.15. The minimum atomic E-state index is 0. The summed E-state index contributed by atoms with van der Waals surface area (Å²) >= 11 is 1.30. The normalized spacial score (nSPS) is 18.3. The van der Waals surface area contributed by atoms with Crippen LogP contribution in [-0.4, -0.2) is 53.9 Å². The highest BCUT2D eigenvalue weighted by Gasteiger charge is 2.24. The van der Waals surface area contributed by atoms with Gasteiger partial charge in [-0.1, -0.05) is 41.7 Å². The molecule has 0 saturated carbocycles. The van der Waals surface area contributed by atoms with Gasteiger partial charge in [0.2, 0.25) is 0 Å². The molecule has 5 rings (SSSR count). The molecule has 1 fully saturated rings. The summed E-state index contributed by atoms with van der Waals surface area (Å²) < 4.78 is 12.2. The number of aryl methyl sites for hydroxylation is 1. The van der Waals surface area contributed by atoms with Crippen molar-refractivity contribution < 1.29 is 14.3 Å². The topological polar surface area (TPSA) is 54.9 Å². The van der Waals surface area contributed by atoms with Crippen LogP contribution in [0.25, 0.3) is 0 Å². The monoisotopic (exact) mass is 471 g/mol. The van der Waals surface area contributed by atoms with Crippen LogP contribution in [0, 0.1) is 0 Å². The van der Waals surface area contributed by atoms with Crippen molar-refractivity contribution in [3.8, 4) is 16.7 Å².